The Morgan fingerprint density at radius 2 is 2.00 bits per heavy atom. The molecule has 3 aromatic rings. The van der Waals surface area contributed by atoms with Crippen LogP contribution in [0.2, 0.25) is 0 Å². The molecule has 28 heavy (non-hydrogen) atoms. The monoisotopic (exact) mass is 417 g/mol. The number of fused-ring (bicyclic) bond motifs is 1. The fraction of sp³-hybridized carbons (Fsp3) is 0.111. The molecule has 0 saturated heterocycles. The molecule has 0 fully saturated rings. The van der Waals surface area contributed by atoms with Crippen LogP contribution in [-0.2, 0) is 14.8 Å². The van der Waals surface area contributed by atoms with Crippen molar-refractivity contribution in [3.05, 3.63) is 47.8 Å². The van der Waals surface area contributed by atoms with Crippen LogP contribution in [0, 0.1) is 0 Å². The maximum atomic E-state index is 12.5. The lowest BCUT2D eigenvalue weighted by molar-refractivity contribution is -0.118. The van der Waals surface area contributed by atoms with Gasteiger partial charge in [-0.15, -0.1) is 11.3 Å². The number of methoxy groups -OCH3 is 1. The maximum absolute atomic E-state index is 12.5. The minimum atomic E-state index is -3.76. The average molecular weight is 417 g/mol. The zero-order chi connectivity index (χ0) is 19.7. The number of carbonyl (C=O) groups is 1. The van der Waals surface area contributed by atoms with Gasteiger partial charge < -0.3 is 14.8 Å². The number of hydrogen-bond acceptors (Lipinski definition) is 7. The van der Waals surface area contributed by atoms with Crippen LogP contribution in [0.15, 0.2) is 52.7 Å². The Morgan fingerprint density at radius 3 is 2.75 bits per heavy atom. The van der Waals surface area contributed by atoms with E-state index in [0.29, 0.717) is 22.9 Å². The fourth-order valence-electron chi connectivity index (χ4n) is 2.62. The number of aromatic nitrogens is 1. The number of hydrogen-bond donors (Lipinski definition) is 2. The molecule has 4 rings (SSSR count). The largest absolute Gasteiger partial charge is 0.497 e. The van der Waals surface area contributed by atoms with Gasteiger partial charge >= 0.3 is 0 Å². The molecule has 8 nitrogen and oxygen atoms in total. The summed E-state index contributed by atoms with van der Waals surface area (Å²) in [7, 11) is -2.25. The Hall–Kier alpha value is -3.11. The highest BCUT2D eigenvalue weighted by molar-refractivity contribution is 7.93. The molecule has 0 saturated carbocycles. The second-order valence-corrected chi connectivity index (χ2v) is 8.41. The van der Waals surface area contributed by atoms with E-state index in [-0.39, 0.29) is 22.5 Å². The molecule has 0 spiro atoms. The Morgan fingerprint density at radius 1 is 1.21 bits per heavy atom. The predicted octanol–water partition coefficient (Wildman–Crippen LogP) is 2.95. The minimum Gasteiger partial charge on any atom is -0.497 e. The van der Waals surface area contributed by atoms with Crippen molar-refractivity contribution in [3.63, 3.8) is 0 Å². The van der Waals surface area contributed by atoms with Gasteiger partial charge in [-0.25, -0.2) is 13.4 Å². The molecule has 1 aliphatic rings. The lowest BCUT2D eigenvalue weighted by Gasteiger charge is -2.18. The molecule has 144 valence electrons. The number of benzene rings is 2. The van der Waals surface area contributed by atoms with Crippen LogP contribution in [0.25, 0.3) is 11.3 Å². The fourth-order valence-corrected chi connectivity index (χ4v) is 4.60. The van der Waals surface area contributed by atoms with E-state index in [1.165, 1.54) is 30.6 Å². The number of rotatable bonds is 5. The van der Waals surface area contributed by atoms with E-state index in [4.69, 9.17) is 9.47 Å². The van der Waals surface area contributed by atoms with Crippen molar-refractivity contribution in [2.75, 3.05) is 23.8 Å². The van der Waals surface area contributed by atoms with E-state index in [9.17, 15) is 13.2 Å². The number of anilines is 2. The smallest absolute Gasteiger partial charge is 0.263 e. The summed E-state index contributed by atoms with van der Waals surface area (Å²) in [5.74, 6) is 0.925. The molecule has 1 amide bonds. The normalized spacial score (nSPS) is 13.2. The molecular formula is C18H15N3O5S2. The topological polar surface area (TPSA) is 107 Å². The van der Waals surface area contributed by atoms with E-state index in [1.807, 2.05) is 0 Å². The van der Waals surface area contributed by atoms with Crippen LogP contribution in [0.5, 0.6) is 11.5 Å². The van der Waals surface area contributed by atoms with Gasteiger partial charge in [0.05, 0.1) is 23.4 Å². The standard InChI is InChI=1S/C18H15N3O5S2/c1-25-12-3-5-13(6-4-12)28(23,24)21-18-20-15(10-27-18)11-2-7-16-14(8-11)19-17(22)9-26-16/h2-8,10H,9H2,1H3,(H,19,22)(H,20,21). The van der Waals surface area contributed by atoms with Crippen LogP contribution in [-0.4, -0.2) is 33.0 Å². The summed E-state index contributed by atoms with van der Waals surface area (Å²) in [6.07, 6.45) is 0. The van der Waals surface area contributed by atoms with Crippen molar-refractivity contribution < 1.29 is 22.7 Å². The zero-order valence-electron chi connectivity index (χ0n) is 14.6. The zero-order valence-corrected chi connectivity index (χ0v) is 16.3. The van der Waals surface area contributed by atoms with Crippen molar-refractivity contribution in [2.24, 2.45) is 0 Å². The molecule has 0 radical (unpaired) electrons. The number of carbonyl (C=O) groups excluding carboxylic acids is 1. The van der Waals surface area contributed by atoms with Crippen molar-refractivity contribution in [1.82, 2.24) is 4.98 Å². The van der Waals surface area contributed by atoms with E-state index in [1.54, 1.807) is 35.7 Å². The highest BCUT2D eigenvalue weighted by Crippen LogP contribution is 2.34. The predicted molar refractivity (Wildman–Crippen MR) is 105 cm³/mol. The van der Waals surface area contributed by atoms with Gasteiger partial charge in [0.15, 0.2) is 11.7 Å². The minimum absolute atomic E-state index is 0.0136. The van der Waals surface area contributed by atoms with Gasteiger partial charge in [-0.1, -0.05) is 0 Å². The van der Waals surface area contributed by atoms with Crippen molar-refractivity contribution in [1.29, 1.82) is 0 Å². The van der Waals surface area contributed by atoms with Crippen molar-refractivity contribution >= 4 is 38.1 Å². The SMILES string of the molecule is COc1ccc(S(=O)(=O)Nc2nc(-c3ccc4c(c3)NC(=O)CO4)cs2)cc1. The van der Waals surface area contributed by atoms with Crippen LogP contribution in [0.3, 0.4) is 0 Å². The number of thiazole rings is 1. The van der Waals surface area contributed by atoms with E-state index in [0.717, 1.165) is 5.56 Å². The van der Waals surface area contributed by atoms with Crippen molar-refractivity contribution in [3.8, 4) is 22.8 Å². The van der Waals surface area contributed by atoms with Gasteiger partial charge in [-0.2, -0.15) is 0 Å². The summed E-state index contributed by atoms with van der Waals surface area (Å²) in [5, 5.41) is 4.71. The van der Waals surface area contributed by atoms with Gasteiger partial charge in [0.2, 0.25) is 0 Å². The van der Waals surface area contributed by atoms with Gasteiger partial charge in [0.25, 0.3) is 15.9 Å². The Kier molecular flexibility index (Phi) is 4.65. The molecule has 1 aliphatic heterocycles. The van der Waals surface area contributed by atoms with Gasteiger partial charge in [0, 0.05) is 10.9 Å². The van der Waals surface area contributed by atoms with Gasteiger partial charge in [-0.3, -0.25) is 9.52 Å². The van der Waals surface area contributed by atoms with Gasteiger partial charge in [0.1, 0.15) is 11.5 Å². The van der Waals surface area contributed by atoms with Gasteiger partial charge in [-0.05, 0) is 42.5 Å². The Bertz CT molecular complexity index is 1140. The van der Waals surface area contributed by atoms with Crippen LogP contribution >= 0.6 is 11.3 Å². The van der Waals surface area contributed by atoms with E-state index < -0.39 is 10.0 Å². The molecule has 1 aromatic heterocycles. The first-order valence-electron chi connectivity index (χ1n) is 8.14. The molecule has 2 heterocycles. The summed E-state index contributed by atoms with van der Waals surface area (Å²) < 4.78 is 37.9. The molecule has 0 atom stereocenters. The maximum Gasteiger partial charge on any atom is 0.263 e. The third kappa shape index (κ3) is 3.64. The summed E-state index contributed by atoms with van der Waals surface area (Å²) in [5.41, 5.74) is 1.87. The molecule has 10 heteroatoms. The summed E-state index contributed by atoms with van der Waals surface area (Å²) in [6, 6.07) is 11.3. The third-order valence-electron chi connectivity index (χ3n) is 4.00. The number of amides is 1. The lowest BCUT2D eigenvalue weighted by atomic mass is 10.1. The van der Waals surface area contributed by atoms with E-state index in [2.05, 4.69) is 15.0 Å². The average Bonchev–Trinajstić information content (AvgIpc) is 3.15. The first-order valence-corrected chi connectivity index (χ1v) is 10.5. The number of sulfonamides is 1. The second-order valence-electron chi connectivity index (χ2n) is 5.87. The number of ether oxygens (including phenoxy) is 2. The summed E-state index contributed by atoms with van der Waals surface area (Å²) in [6.45, 7) is -0.0136. The Balaban J connectivity index is 1.56. The van der Waals surface area contributed by atoms with Crippen LogP contribution in [0.1, 0.15) is 0 Å². The molecular weight excluding hydrogens is 402 g/mol. The number of nitrogens with zero attached hydrogens (tertiary/aromatic N) is 1. The number of nitrogens with one attached hydrogen (secondary N) is 2. The summed E-state index contributed by atoms with van der Waals surface area (Å²) in [4.78, 5) is 15.9. The lowest BCUT2D eigenvalue weighted by Crippen LogP contribution is -2.25. The van der Waals surface area contributed by atoms with Crippen LogP contribution < -0.4 is 19.5 Å². The molecule has 2 N–H and O–H groups in total. The quantitative estimate of drug-likeness (QED) is 0.661. The second kappa shape index (κ2) is 7.13. The Labute approximate surface area is 165 Å². The van der Waals surface area contributed by atoms with Crippen molar-refractivity contribution in [2.45, 2.75) is 4.90 Å². The third-order valence-corrected chi connectivity index (χ3v) is 6.25. The molecule has 0 aliphatic carbocycles. The first kappa shape index (κ1) is 18.3. The first-order chi connectivity index (χ1) is 13.4. The molecule has 2 aromatic carbocycles. The molecule has 0 unspecified atom stereocenters. The highest BCUT2D eigenvalue weighted by Gasteiger charge is 2.19. The van der Waals surface area contributed by atoms with Crippen LogP contribution in [0.4, 0.5) is 10.8 Å². The summed E-state index contributed by atoms with van der Waals surface area (Å²) >= 11 is 1.17. The highest BCUT2D eigenvalue weighted by atomic mass is 32.2. The molecule has 0 bridgehead atoms. The van der Waals surface area contributed by atoms with E-state index >= 15 is 0 Å².